The molecule has 146 valence electrons. The van der Waals surface area contributed by atoms with Crippen molar-refractivity contribution in [1.82, 2.24) is 4.90 Å². The van der Waals surface area contributed by atoms with Crippen molar-refractivity contribution in [3.63, 3.8) is 0 Å². The summed E-state index contributed by atoms with van der Waals surface area (Å²) in [6, 6.07) is 13.8. The highest BCUT2D eigenvalue weighted by molar-refractivity contribution is 8.26. The van der Waals surface area contributed by atoms with E-state index in [1.165, 1.54) is 17.3 Å². The number of nitrogens with zero attached hydrogens (tertiary/aromatic N) is 1. The summed E-state index contributed by atoms with van der Waals surface area (Å²) in [5, 5.41) is 0. The van der Waals surface area contributed by atoms with E-state index >= 15 is 0 Å². The van der Waals surface area contributed by atoms with Crippen molar-refractivity contribution in [3.05, 3.63) is 64.1 Å². The van der Waals surface area contributed by atoms with Crippen LogP contribution in [0.25, 0.3) is 6.08 Å². The van der Waals surface area contributed by atoms with Crippen LogP contribution < -0.4 is 9.47 Å². The maximum absolute atomic E-state index is 12.3. The molecule has 1 aliphatic heterocycles. The van der Waals surface area contributed by atoms with Gasteiger partial charge in [-0.25, -0.2) is 0 Å². The Morgan fingerprint density at radius 1 is 1.07 bits per heavy atom. The van der Waals surface area contributed by atoms with Gasteiger partial charge in [-0.05, 0) is 56.2 Å². The number of thioether (sulfide) groups is 1. The Balaban J connectivity index is 1.51. The van der Waals surface area contributed by atoms with Gasteiger partial charge in [-0.1, -0.05) is 53.8 Å². The average Bonchev–Trinajstić information content (AvgIpc) is 2.94. The standard InChI is InChI=1S/C22H23NO3S2/c1-4-23-21(24)20(28-22(23)27)14-17-6-8-18(9-7-17)25-11-12-26-19-10-5-15(2)13-16(19)3/h5-10,13-14H,4,11-12H2,1-3H3/b20-14-. The zero-order chi connectivity index (χ0) is 20.1. The van der Waals surface area contributed by atoms with E-state index in [-0.39, 0.29) is 5.91 Å². The Morgan fingerprint density at radius 3 is 2.43 bits per heavy atom. The number of hydrogen-bond donors (Lipinski definition) is 0. The van der Waals surface area contributed by atoms with Crippen LogP contribution >= 0.6 is 24.0 Å². The molecule has 0 unspecified atom stereocenters. The molecule has 1 fully saturated rings. The van der Waals surface area contributed by atoms with E-state index in [2.05, 4.69) is 13.0 Å². The van der Waals surface area contributed by atoms with E-state index in [0.717, 1.165) is 22.6 Å². The van der Waals surface area contributed by atoms with Crippen LogP contribution in [-0.2, 0) is 4.79 Å². The minimum absolute atomic E-state index is 0.0265. The van der Waals surface area contributed by atoms with Crippen LogP contribution in [-0.4, -0.2) is 34.9 Å². The summed E-state index contributed by atoms with van der Waals surface area (Å²) in [5.74, 6) is 1.62. The smallest absolute Gasteiger partial charge is 0.266 e. The predicted molar refractivity (Wildman–Crippen MR) is 119 cm³/mol. The Hall–Kier alpha value is -2.31. The molecule has 6 heteroatoms. The molecule has 0 atom stereocenters. The molecule has 2 aromatic carbocycles. The van der Waals surface area contributed by atoms with E-state index in [9.17, 15) is 4.79 Å². The lowest BCUT2D eigenvalue weighted by molar-refractivity contribution is -0.121. The molecule has 1 saturated heterocycles. The van der Waals surface area contributed by atoms with Crippen LogP contribution in [0.4, 0.5) is 0 Å². The van der Waals surface area contributed by atoms with E-state index < -0.39 is 0 Å². The molecule has 2 aromatic rings. The second-order valence-electron chi connectivity index (χ2n) is 6.46. The summed E-state index contributed by atoms with van der Waals surface area (Å²) in [6.07, 6.45) is 1.86. The monoisotopic (exact) mass is 413 g/mol. The summed E-state index contributed by atoms with van der Waals surface area (Å²) >= 11 is 6.58. The van der Waals surface area contributed by atoms with Crippen molar-refractivity contribution in [2.24, 2.45) is 0 Å². The number of amides is 1. The summed E-state index contributed by atoms with van der Waals surface area (Å²) in [4.78, 5) is 14.5. The first kappa shape index (κ1) is 20.4. The molecule has 0 saturated carbocycles. The fraction of sp³-hybridized carbons (Fsp3) is 0.273. The number of carbonyl (C=O) groups excluding carboxylic acids is 1. The largest absolute Gasteiger partial charge is 0.490 e. The van der Waals surface area contributed by atoms with Crippen molar-refractivity contribution in [3.8, 4) is 11.5 Å². The fourth-order valence-corrected chi connectivity index (χ4v) is 4.24. The number of rotatable bonds is 7. The van der Waals surface area contributed by atoms with Crippen LogP contribution in [0.1, 0.15) is 23.6 Å². The molecular formula is C22H23NO3S2. The van der Waals surface area contributed by atoms with Gasteiger partial charge in [-0.2, -0.15) is 0 Å². The first-order valence-electron chi connectivity index (χ1n) is 9.16. The molecule has 1 aliphatic rings. The van der Waals surface area contributed by atoms with Crippen LogP contribution in [0.5, 0.6) is 11.5 Å². The molecule has 0 aliphatic carbocycles. The van der Waals surface area contributed by atoms with Crippen molar-refractivity contribution in [1.29, 1.82) is 0 Å². The number of likely N-dealkylation sites (N-methyl/N-ethyl adjacent to an activating group) is 1. The molecule has 0 N–H and O–H groups in total. The molecule has 28 heavy (non-hydrogen) atoms. The number of ether oxygens (including phenoxy) is 2. The zero-order valence-corrected chi connectivity index (χ0v) is 17.9. The number of thiocarbonyl (C=S) groups is 1. The van der Waals surface area contributed by atoms with Crippen molar-refractivity contribution >= 4 is 40.3 Å². The molecule has 1 amide bonds. The lowest BCUT2D eigenvalue weighted by Crippen LogP contribution is -2.27. The molecule has 0 spiro atoms. The van der Waals surface area contributed by atoms with Crippen LogP contribution in [0.15, 0.2) is 47.4 Å². The lowest BCUT2D eigenvalue weighted by Gasteiger charge is -2.11. The van der Waals surface area contributed by atoms with Gasteiger partial charge < -0.3 is 9.47 Å². The minimum Gasteiger partial charge on any atom is -0.490 e. The van der Waals surface area contributed by atoms with Gasteiger partial charge in [0.05, 0.1) is 4.91 Å². The van der Waals surface area contributed by atoms with Crippen LogP contribution in [0.2, 0.25) is 0 Å². The summed E-state index contributed by atoms with van der Waals surface area (Å²) in [5.41, 5.74) is 3.28. The lowest BCUT2D eigenvalue weighted by atomic mass is 10.1. The number of benzene rings is 2. The van der Waals surface area contributed by atoms with Crippen molar-refractivity contribution in [2.75, 3.05) is 19.8 Å². The maximum atomic E-state index is 12.3. The summed E-state index contributed by atoms with van der Waals surface area (Å²) in [6.45, 7) is 7.56. The van der Waals surface area contributed by atoms with Gasteiger partial charge >= 0.3 is 0 Å². The van der Waals surface area contributed by atoms with Gasteiger partial charge in [0, 0.05) is 6.54 Å². The normalized spacial score (nSPS) is 15.4. The second kappa shape index (κ2) is 9.26. The van der Waals surface area contributed by atoms with E-state index in [0.29, 0.717) is 29.0 Å². The van der Waals surface area contributed by atoms with E-state index in [1.54, 1.807) is 4.90 Å². The number of hydrogen-bond acceptors (Lipinski definition) is 5. The van der Waals surface area contributed by atoms with E-state index in [1.807, 2.05) is 56.3 Å². The Labute approximate surface area is 175 Å². The van der Waals surface area contributed by atoms with Gasteiger partial charge in [-0.3, -0.25) is 9.69 Å². The minimum atomic E-state index is -0.0265. The fourth-order valence-electron chi connectivity index (χ4n) is 2.86. The van der Waals surface area contributed by atoms with Gasteiger partial charge in [0.15, 0.2) is 0 Å². The Bertz CT molecular complexity index is 906. The third kappa shape index (κ3) is 4.94. The van der Waals surface area contributed by atoms with Crippen molar-refractivity contribution < 1.29 is 14.3 Å². The van der Waals surface area contributed by atoms with Crippen molar-refractivity contribution in [2.45, 2.75) is 20.8 Å². The highest BCUT2D eigenvalue weighted by Crippen LogP contribution is 2.32. The van der Waals surface area contributed by atoms with Crippen LogP contribution in [0.3, 0.4) is 0 Å². The quantitative estimate of drug-likeness (QED) is 0.364. The maximum Gasteiger partial charge on any atom is 0.266 e. The van der Waals surface area contributed by atoms with Gasteiger partial charge in [0.25, 0.3) is 5.91 Å². The SMILES string of the molecule is CCN1C(=O)/C(=C/c2ccc(OCCOc3ccc(C)cc3C)cc2)SC1=S. The molecule has 0 radical (unpaired) electrons. The van der Waals surface area contributed by atoms with Crippen LogP contribution in [0, 0.1) is 13.8 Å². The molecular weight excluding hydrogens is 390 g/mol. The molecule has 1 heterocycles. The third-order valence-electron chi connectivity index (χ3n) is 4.31. The number of aryl methyl sites for hydroxylation is 2. The summed E-state index contributed by atoms with van der Waals surface area (Å²) in [7, 11) is 0. The van der Waals surface area contributed by atoms with E-state index in [4.69, 9.17) is 21.7 Å². The first-order valence-corrected chi connectivity index (χ1v) is 10.4. The predicted octanol–water partition coefficient (Wildman–Crippen LogP) is 4.98. The van der Waals surface area contributed by atoms with Gasteiger partial charge in [0.1, 0.15) is 29.0 Å². The Morgan fingerprint density at radius 2 is 1.79 bits per heavy atom. The topological polar surface area (TPSA) is 38.8 Å². The molecule has 0 bridgehead atoms. The zero-order valence-electron chi connectivity index (χ0n) is 16.2. The Kier molecular flexibility index (Phi) is 6.75. The summed E-state index contributed by atoms with van der Waals surface area (Å²) < 4.78 is 12.1. The highest BCUT2D eigenvalue weighted by atomic mass is 32.2. The molecule has 3 rings (SSSR count). The number of carbonyl (C=O) groups is 1. The van der Waals surface area contributed by atoms with Gasteiger partial charge in [0.2, 0.25) is 0 Å². The van der Waals surface area contributed by atoms with Gasteiger partial charge in [-0.15, -0.1) is 0 Å². The average molecular weight is 414 g/mol. The molecule has 0 aromatic heterocycles. The highest BCUT2D eigenvalue weighted by Gasteiger charge is 2.30. The molecule has 4 nitrogen and oxygen atoms in total. The third-order valence-corrected chi connectivity index (χ3v) is 5.69. The second-order valence-corrected chi connectivity index (χ2v) is 8.14. The first-order chi connectivity index (χ1) is 13.5.